The van der Waals surface area contributed by atoms with Crippen LogP contribution in [-0.4, -0.2) is 49.1 Å². The lowest BCUT2D eigenvalue weighted by molar-refractivity contribution is 0.108. The Kier molecular flexibility index (Phi) is 6.12. The third kappa shape index (κ3) is 4.35. The Morgan fingerprint density at radius 3 is 2.62 bits per heavy atom. The van der Waals surface area contributed by atoms with Crippen molar-refractivity contribution in [3.05, 3.63) is 65.7 Å². The minimum atomic E-state index is -0.0294. The van der Waals surface area contributed by atoms with Crippen molar-refractivity contribution in [2.24, 2.45) is 0 Å². The summed E-state index contributed by atoms with van der Waals surface area (Å²) in [7, 11) is 2.10. The SMILES string of the molecule is CCOc1ccccc1CNC(=O)N1CCN(C)CC1c1ccccc1. The van der Waals surface area contributed by atoms with Gasteiger partial charge in [-0.15, -0.1) is 0 Å². The number of piperazine rings is 1. The number of ether oxygens (including phenoxy) is 1. The van der Waals surface area contributed by atoms with Crippen LogP contribution in [0.4, 0.5) is 4.79 Å². The van der Waals surface area contributed by atoms with Crippen LogP contribution in [0.25, 0.3) is 0 Å². The molecule has 0 bridgehead atoms. The zero-order chi connectivity index (χ0) is 18.4. The summed E-state index contributed by atoms with van der Waals surface area (Å²) in [5.41, 5.74) is 2.16. The Morgan fingerprint density at radius 2 is 1.85 bits per heavy atom. The lowest BCUT2D eigenvalue weighted by Crippen LogP contribution is -2.52. The molecule has 26 heavy (non-hydrogen) atoms. The molecule has 5 heteroatoms. The second-order valence-electron chi connectivity index (χ2n) is 6.58. The van der Waals surface area contributed by atoms with Gasteiger partial charge in [0.25, 0.3) is 0 Å². The fraction of sp³-hybridized carbons (Fsp3) is 0.381. The summed E-state index contributed by atoms with van der Waals surface area (Å²) in [6, 6.07) is 18.1. The minimum absolute atomic E-state index is 0.0294. The van der Waals surface area contributed by atoms with Crippen LogP contribution in [0.5, 0.6) is 5.75 Å². The van der Waals surface area contributed by atoms with Gasteiger partial charge < -0.3 is 19.9 Å². The van der Waals surface area contributed by atoms with Crippen LogP contribution < -0.4 is 10.1 Å². The molecule has 138 valence electrons. The summed E-state index contributed by atoms with van der Waals surface area (Å²) in [6.45, 7) is 5.47. The number of hydrogen-bond donors (Lipinski definition) is 1. The third-order valence-corrected chi connectivity index (χ3v) is 4.73. The highest BCUT2D eigenvalue weighted by Gasteiger charge is 2.30. The van der Waals surface area contributed by atoms with E-state index < -0.39 is 0 Å². The monoisotopic (exact) mass is 353 g/mol. The molecular formula is C21H27N3O2. The predicted octanol–water partition coefficient (Wildman–Crippen LogP) is 3.28. The summed E-state index contributed by atoms with van der Waals surface area (Å²) in [6.07, 6.45) is 0. The Balaban J connectivity index is 1.70. The first-order chi connectivity index (χ1) is 12.7. The fourth-order valence-electron chi connectivity index (χ4n) is 3.34. The first-order valence-corrected chi connectivity index (χ1v) is 9.17. The van der Waals surface area contributed by atoms with Crippen LogP contribution in [0.3, 0.4) is 0 Å². The molecule has 2 aromatic carbocycles. The van der Waals surface area contributed by atoms with Gasteiger partial charge in [-0.05, 0) is 25.6 Å². The number of nitrogens with zero attached hydrogens (tertiary/aromatic N) is 2. The smallest absolute Gasteiger partial charge is 0.318 e. The van der Waals surface area contributed by atoms with Crippen molar-refractivity contribution in [1.29, 1.82) is 0 Å². The molecule has 1 saturated heterocycles. The number of hydrogen-bond acceptors (Lipinski definition) is 3. The Morgan fingerprint density at radius 1 is 1.12 bits per heavy atom. The second kappa shape index (κ2) is 8.72. The molecule has 1 aliphatic rings. The molecular weight excluding hydrogens is 326 g/mol. The lowest BCUT2D eigenvalue weighted by Gasteiger charge is -2.40. The van der Waals surface area contributed by atoms with Crippen molar-refractivity contribution >= 4 is 6.03 Å². The van der Waals surface area contributed by atoms with Crippen LogP contribution >= 0.6 is 0 Å². The number of carbonyl (C=O) groups excluding carboxylic acids is 1. The van der Waals surface area contributed by atoms with Gasteiger partial charge in [-0.3, -0.25) is 0 Å². The molecule has 5 nitrogen and oxygen atoms in total. The molecule has 1 fully saturated rings. The molecule has 1 aliphatic heterocycles. The van der Waals surface area contributed by atoms with E-state index in [0.29, 0.717) is 13.2 Å². The predicted molar refractivity (Wildman–Crippen MR) is 103 cm³/mol. The molecule has 1 heterocycles. The summed E-state index contributed by atoms with van der Waals surface area (Å²) < 4.78 is 5.65. The van der Waals surface area contributed by atoms with Crippen molar-refractivity contribution in [1.82, 2.24) is 15.1 Å². The molecule has 0 aliphatic carbocycles. The van der Waals surface area contributed by atoms with Gasteiger partial charge in [-0.25, -0.2) is 4.79 Å². The first-order valence-electron chi connectivity index (χ1n) is 9.17. The fourth-order valence-corrected chi connectivity index (χ4v) is 3.34. The van der Waals surface area contributed by atoms with Crippen LogP contribution in [0.1, 0.15) is 24.1 Å². The summed E-state index contributed by atoms with van der Waals surface area (Å²) in [5.74, 6) is 0.827. The first kappa shape index (κ1) is 18.3. The highest BCUT2D eigenvalue weighted by molar-refractivity contribution is 5.75. The van der Waals surface area contributed by atoms with Crippen LogP contribution in [-0.2, 0) is 6.54 Å². The quantitative estimate of drug-likeness (QED) is 0.897. The number of carbonyl (C=O) groups is 1. The van der Waals surface area contributed by atoms with Crippen molar-refractivity contribution in [3.63, 3.8) is 0 Å². The van der Waals surface area contributed by atoms with E-state index in [0.717, 1.165) is 30.9 Å². The maximum absolute atomic E-state index is 12.9. The number of rotatable bonds is 5. The van der Waals surface area contributed by atoms with E-state index in [1.54, 1.807) is 0 Å². The topological polar surface area (TPSA) is 44.8 Å². The van der Waals surface area contributed by atoms with E-state index in [1.165, 1.54) is 5.56 Å². The normalized spacial score (nSPS) is 17.8. The van der Waals surface area contributed by atoms with Gasteiger partial charge in [-0.2, -0.15) is 0 Å². The number of nitrogens with one attached hydrogen (secondary N) is 1. The van der Waals surface area contributed by atoms with Crippen LogP contribution in [0, 0.1) is 0 Å². The van der Waals surface area contributed by atoms with Gasteiger partial charge in [0.15, 0.2) is 0 Å². The van der Waals surface area contributed by atoms with Crippen molar-refractivity contribution < 1.29 is 9.53 Å². The van der Waals surface area contributed by atoms with Gasteiger partial charge in [0, 0.05) is 31.7 Å². The summed E-state index contributed by atoms with van der Waals surface area (Å²) in [5, 5.41) is 3.07. The van der Waals surface area contributed by atoms with E-state index in [-0.39, 0.29) is 12.1 Å². The number of para-hydroxylation sites is 1. The molecule has 3 rings (SSSR count). The Bertz CT molecular complexity index is 720. The third-order valence-electron chi connectivity index (χ3n) is 4.73. The highest BCUT2D eigenvalue weighted by Crippen LogP contribution is 2.25. The minimum Gasteiger partial charge on any atom is -0.494 e. The average Bonchev–Trinajstić information content (AvgIpc) is 2.68. The lowest BCUT2D eigenvalue weighted by atomic mass is 10.0. The van der Waals surface area contributed by atoms with Crippen molar-refractivity contribution in [3.8, 4) is 5.75 Å². The average molecular weight is 353 g/mol. The molecule has 2 aromatic rings. The zero-order valence-corrected chi connectivity index (χ0v) is 15.5. The molecule has 0 spiro atoms. The summed E-state index contributed by atoms with van der Waals surface area (Å²) in [4.78, 5) is 17.1. The standard InChI is InChI=1S/C21H27N3O2/c1-3-26-20-12-8-7-11-18(20)15-22-21(25)24-14-13-23(2)16-19(24)17-9-5-4-6-10-17/h4-12,19H,3,13-16H2,1-2H3,(H,22,25). The molecule has 0 saturated carbocycles. The highest BCUT2D eigenvalue weighted by atomic mass is 16.5. The van der Waals surface area contributed by atoms with E-state index >= 15 is 0 Å². The molecule has 0 radical (unpaired) electrons. The second-order valence-corrected chi connectivity index (χ2v) is 6.58. The Labute approximate surface area is 155 Å². The number of likely N-dealkylation sites (N-methyl/N-ethyl adjacent to an activating group) is 1. The van der Waals surface area contributed by atoms with E-state index in [4.69, 9.17) is 4.74 Å². The van der Waals surface area contributed by atoms with E-state index in [1.807, 2.05) is 54.3 Å². The maximum atomic E-state index is 12.9. The van der Waals surface area contributed by atoms with Crippen molar-refractivity contribution in [2.45, 2.75) is 19.5 Å². The van der Waals surface area contributed by atoms with Crippen molar-refractivity contribution in [2.75, 3.05) is 33.3 Å². The van der Waals surface area contributed by atoms with E-state index in [9.17, 15) is 4.79 Å². The largest absolute Gasteiger partial charge is 0.494 e. The van der Waals surface area contributed by atoms with Gasteiger partial charge in [0.05, 0.1) is 12.6 Å². The summed E-state index contributed by atoms with van der Waals surface area (Å²) >= 11 is 0. The molecule has 1 unspecified atom stereocenters. The zero-order valence-electron chi connectivity index (χ0n) is 15.5. The Hall–Kier alpha value is -2.53. The van der Waals surface area contributed by atoms with Gasteiger partial charge in [0.2, 0.25) is 0 Å². The maximum Gasteiger partial charge on any atom is 0.318 e. The molecule has 1 atom stereocenters. The number of urea groups is 1. The molecule has 2 amide bonds. The molecule has 0 aromatic heterocycles. The van der Waals surface area contributed by atoms with E-state index in [2.05, 4.69) is 29.4 Å². The van der Waals surface area contributed by atoms with Gasteiger partial charge >= 0.3 is 6.03 Å². The number of amides is 2. The molecule has 1 N–H and O–H groups in total. The van der Waals surface area contributed by atoms with Crippen LogP contribution in [0.2, 0.25) is 0 Å². The van der Waals surface area contributed by atoms with Crippen LogP contribution in [0.15, 0.2) is 54.6 Å². The van der Waals surface area contributed by atoms with Gasteiger partial charge in [0.1, 0.15) is 5.75 Å². The van der Waals surface area contributed by atoms with Gasteiger partial charge in [-0.1, -0.05) is 48.5 Å². The number of benzene rings is 2.